The van der Waals surface area contributed by atoms with Crippen LogP contribution in [0, 0.1) is 5.92 Å². The zero-order valence-corrected chi connectivity index (χ0v) is 14.3. The summed E-state index contributed by atoms with van der Waals surface area (Å²) in [4.78, 5) is 39.0. The minimum atomic E-state index is -0.771. The number of hydrogen-bond donors (Lipinski definition) is 1. The van der Waals surface area contributed by atoms with E-state index in [1.165, 1.54) is 0 Å². The SMILES string of the molecule is O=C(O)CC1CCN(C(=O)CCN2C(=O)CCc3ccccc32)CC1. The Labute approximate surface area is 147 Å². The predicted octanol–water partition coefficient (Wildman–Crippen LogP) is 2.07. The van der Waals surface area contributed by atoms with Gasteiger partial charge in [0.2, 0.25) is 11.8 Å². The van der Waals surface area contributed by atoms with E-state index in [1.54, 1.807) is 9.80 Å². The van der Waals surface area contributed by atoms with E-state index >= 15 is 0 Å². The quantitative estimate of drug-likeness (QED) is 0.887. The van der Waals surface area contributed by atoms with Gasteiger partial charge in [0, 0.05) is 44.6 Å². The molecule has 0 bridgehead atoms. The van der Waals surface area contributed by atoms with Crippen LogP contribution in [0.5, 0.6) is 0 Å². The number of rotatable bonds is 5. The highest BCUT2D eigenvalue weighted by Crippen LogP contribution is 2.28. The molecule has 0 spiro atoms. The van der Waals surface area contributed by atoms with Gasteiger partial charge in [-0.15, -0.1) is 0 Å². The summed E-state index contributed by atoms with van der Waals surface area (Å²) in [6.07, 6.45) is 3.22. The number of para-hydroxylation sites is 1. The normalized spacial score (nSPS) is 18.2. The standard InChI is InChI=1S/C19H24N2O4/c22-17(20-10-7-14(8-11-20)13-19(24)25)9-12-21-16-4-2-1-3-15(16)5-6-18(21)23/h1-4,14H,5-13H2,(H,24,25). The smallest absolute Gasteiger partial charge is 0.303 e. The minimum absolute atomic E-state index is 0.0460. The number of carboxylic acid groups (broad SMARTS) is 1. The molecule has 6 heteroatoms. The number of aryl methyl sites for hydroxylation is 1. The van der Waals surface area contributed by atoms with Crippen LogP contribution in [-0.2, 0) is 20.8 Å². The number of benzene rings is 1. The fourth-order valence-corrected chi connectivity index (χ4v) is 3.74. The van der Waals surface area contributed by atoms with Crippen LogP contribution in [-0.4, -0.2) is 47.4 Å². The van der Waals surface area contributed by atoms with E-state index in [-0.39, 0.29) is 24.2 Å². The molecule has 0 atom stereocenters. The summed E-state index contributed by atoms with van der Waals surface area (Å²) >= 11 is 0. The second kappa shape index (κ2) is 7.68. The monoisotopic (exact) mass is 344 g/mol. The molecule has 0 aliphatic carbocycles. The predicted molar refractivity (Wildman–Crippen MR) is 93.3 cm³/mol. The number of likely N-dealkylation sites (tertiary alicyclic amines) is 1. The zero-order chi connectivity index (χ0) is 17.8. The van der Waals surface area contributed by atoms with Crippen molar-refractivity contribution in [2.24, 2.45) is 5.92 Å². The zero-order valence-electron chi connectivity index (χ0n) is 14.3. The van der Waals surface area contributed by atoms with Gasteiger partial charge in [-0.1, -0.05) is 18.2 Å². The molecule has 1 aromatic carbocycles. The number of amides is 2. The van der Waals surface area contributed by atoms with Crippen LogP contribution >= 0.6 is 0 Å². The Morgan fingerprint density at radius 3 is 2.56 bits per heavy atom. The molecule has 2 heterocycles. The third-order valence-electron chi connectivity index (χ3n) is 5.17. The number of carbonyl (C=O) groups is 3. The highest BCUT2D eigenvalue weighted by atomic mass is 16.4. The average molecular weight is 344 g/mol. The summed E-state index contributed by atoms with van der Waals surface area (Å²) in [6.45, 7) is 1.63. The van der Waals surface area contributed by atoms with Crippen LogP contribution in [0.1, 0.15) is 37.7 Å². The van der Waals surface area contributed by atoms with Crippen molar-refractivity contribution in [3.05, 3.63) is 29.8 Å². The van der Waals surface area contributed by atoms with Crippen LogP contribution < -0.4 is 4.90 Å². The molecule has 6 nitrogen and oxygen atoms in total. The summed E-state index contributed by atoms with van der Waals surface area (Å²) in [5.41, 5.74) is 2.08. The Morgan fingerprint density at radius 2 is 1.84 bits per heavy atom. The Kier molecular flexibility index (Phi) is 5.36. The number of fused-ring (bicyclic) bond motifs is 1. The molecule has 0 unspecified atom stereocenters. The average Bonchev–Trinajstić information content (AvgIpc) is 2.61. The van der Waals surface area contributed by atoms with Crippen molar-refractivity contribution in [2.45, 2.75) is 38.5 Å². The number of anilines is 1. The number of aliphatic carboxylic acids is 1. The van der Waals surface area contributed by atoms with Crippen LogP contribution in [0.2, 0.25) is 0 Å². The van der Waals surface area contributed by atoms with Crippen LogP contribution in [0.15, 0.2) is 24.3 Å². The van der Waals surface area contributed by atoms with E-state index in [9.17, 15) is 14.4 Å². The summed E-state index contributed by atoms with van der Waals surface area (Å²) in [5.74, 6) is -0.486. The summed E-state index contributed by atoms with van der Waals surface area (Å²) in [5, 5.41) is 8.86. The van der Waals surface area contributed by atoms with Crippen molar-refractivity contribution >= 4 is 23.5 Å². The first-order valence-electron chi connectivity index (χ1n) is 8.92. The van der Waals surface area contributed by atoms with Crippen molar-refractivity contribution in [1.82, 2.24) is 4.90 Å². The van der Waals surface area contributed by atoms with Gasteiger partial charge in [-0.3, -0.25) is 14.4 Å². The molecule has 0 aromatic heterocycles. The van der Waals surface area contributed by atoms with Crippen molar-refractivity contribution < 1.29 is 19.5 Å². The van der Waals surface area contributed by atoms with Gasteiger partial charge in [-0.25, -0.2) is 0 Å². The van der Waals surface area contributed by atoms with Gasteiger partial charge in [0.15, 0.2) is 0 Å². The van der Waals surface area contributed by atoms with Crippen molar-refractivity contribution in [2.75, 3.05) is 24.5 Å². The Morgan fingerprint density at radius 1 is 1.12 bits per heavy atom. The number of carbonyl (C=O) groups excluding carboxylic acids is 2. The lowest BCUT2D eigenvalue weighted by Gasteiger charge is -2.33. The largest absolute Gasteiger partial charge is 0.481 e. The lowest BCUT2D eigenvalue weighted by Crippen LogP contribution is -2.42. The maximum atomic E-state index is 12.5. The van der Waals surface area contributed by atoms with E-state index in [4.69, 9.17) is 5.11 Å². The Balaban J connectivity index is 1.53. The molecular formula is C19H24N2O4. The summed E-state index contributed by atoms with van der Waals surface area (Å²) in [7, 11) is 0. The van der Waals surface area contributed by atoms with Crippen LogP contribution in [0.3, 0.4) is 0 Å². The molecule has 0 saturated carbocycles. The molecule has 1 N–H and O–H groups in total. The molecule has 25 heavy (non-hydrogen) atoms. The first kappa shape index (κ1) is 17.5. The highest BCUT2D eigenvalue weighted by molar-refractivity contribution is 5.97. The highest BCUT2D eigenvalue weighted by Gasteiger charge is 2.27. The number of nitrogens with zero attached hydrogens (tertiary/aromatic N) is 2. The topological polar surface area (TPSA) is 77.9 Å². The van der Waals surface area contributed by atoms with Gasteiger partial charge in [-0.05, 0) is 36.8 Å². The molecule has 1 fully saturated rings. The van der Waals surface area contributed by atoms with Gasteiger partial charge in [0.1, 0.15) is 0 Å². The molecule has 1 saturated heterocycles. The van der Waals surface area contributed by atoms with Gasteiger partial charge in [0.25, 0.3) is 0 Å². The van der Waals surface area contributed by atoms with Crippen molar-refractivity contribution in [3.8, 4) is 0 Å². The molecule has 2 aliphatic rings. The fraction of sp³-hybridized carbons (Fsp3) is 0.526. The van der Waals surface area contributed by atoms with Gasteiger partial charge in [-0.2, -0.15) is 0 Å². The van der Waals surface area contributed by atoms with E-state index in [0.29, 0.717) is 32.5 Å². The van der Waals surface area contributed by atoms with E-state index in [1.807, 2.05) is 24.3 Å². The van der Waals surface area contributed by atoms with Gasteiger partial charge < -0.3 is 14.9 Å². The third kappa shape index (κ3) is 4.18. The van der Waals surface area contributed by atoms with E-state index in [0.717, 1.165) is 30.5 Å². The lowest BCUT2D eigenvalue weighted by atomic mass is 9.93. The number of hydrogen-bond acceptors (Lipinski definition) is 3. The van der Waals surface area contributed by atoms with E-state index in [2.05, 4.69) is 0 Å². The lowest BCUT2D eigenvalue weighted by molar-refractivity contribution is -0.138. The second-order valence-electron chi connectivity index (χ2n) is 6.85. The van der Waals surface area contributed by atoms with Crippen LogP contribution in [0.25, 0.3) is 0 Å². The number of piperidine rings is 1. The van der Waals surface area contributed by atoms with Crippen molar-refractivity contribution in [1.29, 1.82) is 0 Å². The maximum Gasteiger partial charge on any atom is 0.303 e. The van der Waals surface area contributed by atoms with Gasteiger partial charge in [0.05, 0.1) is 0 Å². The van der Waals surface area contributed by atoms with E-state index < -0.39 is 5.97 Å². The second-order valence-corrected chi connectivity index (χ2v) is 6.85. The van der Waals surface area contributed by atoms with Crippen LogP contribution in [0.4, 0.5) is 5.69 Å². The maximum absolute atomic E-state index is 12.5. The Bertz CT molecular complexity index is 665. The Hall–Kier alpha value is -2.37. The molecular weight excluding hydrogens is 320 g/mol. The molecule has 3 rings (SSSR count). The number of carboxylic acids is 1. The summed E-state index contributed by atoms with van der Waals surface area (Å²) < 4.78 is 0. The first-order chi connectivity index (χ1) is 12.0. The molecule has 134 valence electrons. The molecule has 1 aromatic rings. The van der Waals surface area contributed by atoms with Gasteiger partial charge >= 0.3 is 5.97 Å². The third-order valence-corrected chi connectivity index (χ3v) is 5.17. The fourth-order valence-electron chi connectivity index (χ4n) is 3.74. The minimum Gasteiger partial charge on any atom is -0.481 e. The first-order valence-corrected chi connectivity index (χ1v) is 8.92. The molecule has 0 radical (unpaired) electrons. The molecule has 2 amide bonds. The molecule has 2 aliphatic heterocycles. The summed E-state index contributed by atoms with van der Waals surface area (Å²) in [6, 6.07) is 7.86. The van der Waals surface area contributed by atoms with Crippen molar-refractivity contribution in [3.63, 3.8) is 0 Å².